The molecule has 0 spiro atoms. The van der Waals surface area contributed by atoms with Crippen LogP contribution in [-0.4, -0.2) is 32.2 Å². The van der Waals surface area contributed by atoms with Crippen LogP contribution < -0.4 is 5.43 Å². The fourth-order valence-electron chi connectivity index (χ4n) is 0.566. The van der Waals surface area contributed by atoms with Gasteiger partial charge in [-0.15, -0.1) is 0 Å². The standard InChI is InChI=1S/C3H8N2O2S/c1-4-5-2-8(6,7)3-5/h4H,2-3H2,1H3. The summed E-state index contributed by atoms with van der Waals surface area (Å²) in [6.07, 6.45) is 0. The second kappa shape index (κ2) is 1.68. The summed E-state index contributed by atoms with van der Waals surface area (Å²) in [6.45, 7) is 0. The van der Waals surface area contributed by atoms with Gasteiger partial charge in [0, 0.05) is 0 Å². The summed E-state index contributed by atoms with van der Waals surface area (Å²) >= 11 is 0. The lowest BCUT2D eigenvalue weighted by Gasteiger charge is -2.28. The molecule has 0 amide bonds. The Morgan fingerprint density at radius 3 is 2.12 bits per heavy atom. The van der Waals surface area contributed by atoms with Crippen LogP contribution in [0.2, 0.25) is 0 Å². The zero-order valence-corrected chi connectivity index (χ0v) is 5.40. The van der Waals surface area contributed by atoms with Gasteiger partial charge in [0.1, 0.15) is 11.8 Å². The number of hydrazine groups is 1. The first-order valence-corrected chi connectivity index (χ1v) is 4.09. The van der Waals surface area contributed by atoms with E-state index in [1.807, 2.05) is 0 Å². The quantitative estimate of drug-likeness (QED) is 0.490. The summed E-state index contributed by atoms with van der Waals surface area (Å²) in [5.74, 6) is 0.312. The van der Waals surface area contributed by atoms with Gasteiger partial charge in [-0.25, -0.2) is 13.4 Å². The molecule has 0 aromatic heterocycles. The molecule has 0 unspecified atom stereocenters. The van der Waals surface area contributed by atoms with Crippen molar-refractivity contribution in [2.45, 2.75) is 0 Å². The fraction of sp³-hybridized carbons (Fsp3) is 1.00. The summed E-state index contributed by atoms with van der Waals surface area (Å²) in [5, 5.41) is 1.62. The van der Waals surface area contributed by atoms with Crippen molar-refractivity contribution in [3.05, 3.63) is 0 Å². The maximum atomic E-state index is 10.4. The molecule has 1 aliphatic rings. The van der Waals surface area contributed by atoms with Crippen molar-refractivity contribution < 1.29 is 8.42 Å². The minimum Gasteiger partial charge on any atom is -0.256 e. The Morgan fingerprint density at radius 1 is 1.50 bits per heavy atom. The molecule has 1 rings (SSSR count). The van der Waals surface area contributed by atoms with E-state index in [-0.39, 0.29) is 11.8 Å². The van der Waals surface area contributed by atoms with Crippen LogP contribution in [0.3, 0.4) is 0 Å². The molecular weight excluding hydrogens is 128 g/mol. The normalized spacial score (nSPS) is 27.1. The average molecular weight is 136 g/mol. The third-order valence-corrected chi connectivity index (χ3v) is 2.43. The first-order valence-electron chi connectivity index (χ1n) is 2.27. The Balaban J connectivity index is 2.43. The second-order valence-electron chi connectivity index (χ2n) is 1.77. The van der Waals surface area contributed by atoms with E-state index in [1.54, 1.807) is 12.1 Å². The minimum atomic E-state index is -2.68. The van der Waals surface area contributed by atoms with Crippen molar-refractivity contribution in [2.75, 3.05) is 18.8 Å². The van der Waals surface area contributed by atoms with Crippen molar-refractivity contribution in [1.29, 1.82) is 0 Å². The maximum Gasteiger partial charge on any atom is 0.179 e. The number of rotatable bonds is 1. The van der Waals surface area contributed by atoms with Crippen LogP contribution in [0.5, 0.6) is 0 Å². The molecule has 5 heteroatoms. The Hall–Kier alpha value is -0.130. The smallest absolute Gasteiger partial charge is 0.179 e. The highest BCUT2D eigenvalue weighted by molar-refractivity contribution is 7.92. The third-order valence-electron chi connectivity index (χ3n) is 1.02. The van der Waals surface area contributed by atoms with E-state index in [2.05, 4.69) is 5.43 Å². The van der Waals surface area contributed by atoms with Gasteiger partial charge < -0.3 is 0 Å². The van der Waals surface area contributed by atoms with Gasteiger partial charge in [0.25, 0.3) is 0 Å². The molecule has 8 heavy (non-hydrogen) atoms. The van der Waals surface area contributed by atoms with Gasteiger partial charge in [-0.1, -0.05) is 0 Å². The van der Waals surface area contributed by atoms with Crippen LogP contribution in [0, 0.1) is 0 Å². The first-order chi connectivity index (χ1) is 3.64. The predicted octanol–water partition coefficient (Wildman–Crippen LogP) is -1.23. The molecule has 0 aromatic rings. The highest BCUT2D eigenvalue weighted by Crippen LogP contribution is 2.05. The van der Waals surface area contributed by atoms with Gasteiger partial charge in [0.05, 0.1) is 0 Å². The van der Waals surface area contributed by atoms with Crippen molar-refractivity contribution in [3.8, 4) is 0 Å². The van der Waals surface area contributed by atoms with Gasteiger partial charge in [0.2, 0.25) is 0 Å². The Bertz CT molecular complexity index is 162. The molecule has 0 saturated carbocycles. The maximum absolute atomic E-state index is 10.4. The molecule has 0 bridgehead atoms. The van der Waals surface area contributed by atoms with E-state index in [0.717, 1.165) is 0 Å². The van der Waals surface area contributed by atoms with Gasteiger partial charge >= 0.3 is 0 Å². The Kier molecular flexibility index (Phi) is 1.26. The van der Waals surface area contributed by atoms with Gasteiger partial charge in [-0.3, -0.25) is 5.43 Å². The van der Waals surface area contributed by atoms with Crippen molar-refractivity contribution in [2.24, 2.45) is 0 Å². The zero-order chi connectivity index (χ0) is 6.20. The van der Waals surface area contributed by atoms with Gasteiger partial charge in [0.15, 0.2) is 9.84 Å². The molecule has 4 nitrogen and oxygen atoms in total. The lowest BCUT2D eigenvalue weighted by Crippen LogP contribution is -2.52. The lowest BCUT2D eigenvalue weighted by atomic mass is 11.1. The number of hydrogen-bond acceptors (Lipinski definition) is 4. The number of hydrogen-bond donors (Lipinski definition) is 1. The molecule has 0 atom stereocenters. The molecule has 1 saturated heterocycles. The van der Waals surface area contributed by atoms with E-state index >= 15 is 0 Å². The van der Waals surface area contributed by atoms with E-state index < -0.39 is 9.84 Å². The fourth-order valence-corrected chi connectivity index (χ4v) is 1.70. The molecular formula is C3H8N2O2S. The lowest BCUT2D eigenvalue weighted by molar-refractivity contribution is 0.246. The summed E-state index contributed by atoms with van der Waals surface area (Å²) in [4.78, 5) is 0. The van der Waals surface area contributed by atoms with Crippen LogP contribution in [0.1, 0.15) is 0 Å². The van der Waals surface area contributed by atoms with Crippen LogP contribution >= 0.6 is 0 Å². The molecule has 0 aromatic carbocycles. The summed E-state index contributed by atoms with van der Waals surface area (Å²) in [5.41, 5.74) is 2.71. The van der Waals surface area contributed by atoms with Crippen molar-refractivity contribution in [1.82, 2.24) is 10.4 Å². The molecule has 1 heterocycles. The molecule has 48 valence electrons. The van der Waals surface area contributed by atoms with E-state index in [9.17, 15) is 8.42 Å². The van der Waals surface area contributed by atoms with Gasteiger partial charge in [-0.05, 0) is 7.05 Å². The highest BCUT2D eigenvalue weighted by atomic mass is 32.2. The van der Waals surface area contributed by atoms with Crippen LogP contribution in [0.15, 0.2) is 0 Å². The van der Waals surface area contributed by atoms with Crippen LogP contribution in [-0.2, 0) is 9.84 Å². The predicted molar refractivity (Wildman–Crippen MR) is 29.6 cm³/mol. The van der Waals surface area contributed by atoms with Gasteiger partial charge in [-0.2, -0.15) is 0 Å². The molecule has 1 N–H and O–H groups in total. The summed E-state index contributed by atoms with van der Waals surface area (Å²) in [6, 6.07) is 0. The van der Waals surface area contributed by atoms with E-state index in [0.29, 0.717) is 0 Å². The molecule has 1 fully saturated rings. The summed E-state index contributed by atoms with van der Waals surface area (Å²) in [7, 11) is -0.976. The Morgan fingerprint density at radius 2 is 2.00 bits per heavy atom. The van der Waals surface area contributed by atoms with Crippen molar-refractivity contribution >= 4 is 9.84 Å². The Labute approximate surface area is 48.4 Å². The van der Waals surface area contributed by atoms with Crippen molar-refractivity contribution in [3.63, 3.8) is 0 Å². The van der Waals surface area contributed by atoms with Crippen LogP contribution in [0.25, 0.3) is 0 Å². The third kappa shape index (κ3) is 0.988. The minimum absolute atomic E-state index is 0.156. The SMILES string of the molecule is CNN1CS(=O)(=O)C1. The topological polar surface area (TPSA) is 49.4 Å². The zero-order valence-electron chi connectivity index (χ0n) is 4.59. The number of nitrogens with zero attached hydrogens (tertiary/aromatic N) is 1. The highest BCUT2D eigenvalue weighted by Gasteiger charge is 2.28. The summed E-state index contributed by atoms with van der Waals surface area (Å²) < 4.78 is 20.7. The van der Waals surface area contributed by atoms with E-state index in [1.165, 1.54) is 0 Å². The number of nitrogens with one attached hydrogen (secondary N) is 1. The molecule has 0 aliphatic carbocycles. The van der Waals surface area contributed by atoms with Crippen LogP contribution in [0.4, 0.5) is 0 Å². The van der Waals surface area contributed by atoms with E-state index in [4.69, 9.17) is 0 Å². The number of sulfone groups is 1. The largest absolute Gasteiger partial charge is 0.256 e. The molecule has 1 aliphatic heterocycles. The monoisotopic (exact) mass is 136 g/mol. The average Bonchev–Trinajstić information content (AvgIpc) is 1.60. The molecule has 0 radical (unpaired) electrons. The second-order valence-corrected chi connectivity index (χ2v) is 3.77. The first kappa shape index (κ1) is 6.00.